The van der Waals surface area contributed by atoms with E-state index < -0.39 is 12.1 Å². The van der Waals surface area contributed by atoms with Gasteiger partial charge in [0, 0.05) is 22.8 Å². The van der Waals surface area contributed by atoms with E-state index >= 15 is 0 Å². The number of carbonyl (C=O) groups excluding carboxylic acids is 1. The number of rotatable bonds is 5. The van der Waals surface area contributed by atoms with Gasteiger partial charge in [-0.15, -0.1) is 0 Å². The number of nitrogens with zero attached hydrogens (tertiary/aromatic N) is 3. The molecule has 1 aliphatic rings. The molecule has 0 radical (unpaired) electrons. The van der Waals surface area contributed by atoms with Crippen molar-refractivity contribution < 1.29 is 18.0 Å². The maximum absolute atomic E-state index is 12.6. The fraction of sp³-hybridized carbons (Fsp3) is 0.222. The molecule has 2 aromatic heterocycles. The fourth-order valence-corrected chi connectivity index (χ4v) is 3.82. The molecule has 0 aliphatic heterocycles. The second-order valence-corrected chi connectivity index (χ2v) is 7.80. The zero-order valence-corrected chi connectivity index (χ0v) is 16.2. The number of hydrogen-bond donors (Lipinski definition) is 2. The summed E-state index contributed by atoms with van der Waals surface area (Å²) in [5.74, 6) is -1.59. The number of aromatic nitrogens is 3. The summed E-state index contributed by atoms with van der Waals surface area (Å²) in [5, 5.41) is 5.31. The van der Waals surface area contributed by atoms with Crippen LogP contribution in [0.4, 0.5) is 29.9 Å². The number of carbonyl (C=O) groups is 1. The molecule has 2 N–H and O–H groups in total. The summed E-state index contributed by atoms with van der Waals surface area (Å²) in [6.07, 6.45) is -1.65. The first-order valence-electron chi connectivity index (χ1n) is 8.54. The lowest BCUT2D eigenvalue weighted by molar-refractivity contribution is -0.167. The van der Waals surface area contributed by atoms with E-state index in [4.69, 9.17) is 11.6 Å². The highest BCUT2D eigenvalue weighted by atomic mass is 35.5. The number of hydrogen-bond acceptors (Lipinski definition) is 6. The molecule has 1 fully saturated rings. The molecule has 0 unspecified atom stereocenters. The average Bonchev–Trinajstić information content (AvgIpc) is 3.41. The number of thiazole rings is 1. The van der Waals surface area contributed by atoms with Gasteiger partial charge in [-0.05, 0) is 37.1 Å². The maximum Gasteiger partial charge on any atom is 0.471 e. The van der Waals surface area contributed by atoms with E-state index in [-0.39, 0.29) is 11.0 Å². The third kappa shape index (κ3) is 4.65. The Kier molecular flexibility index (Phi) is 5.13. The van der Waals surface area contributed by atoms with Crippen molar-refractivity contribution in [3.63, 3.8) is 0 Å². The molecular weight excluding hydrogens is 427 g/mol. The molecule has 6 nitrogen and oxygen atoms in total. The Morgan fingerprint density at radius 3 is 2.69 bits per heavy atom. The van der Waals surface area contributed by atoms with Gasteiger partial charge in [0.15, 0.2) is 5.13 Å². The fourth-order valence-electron chi connectivity index (χ4n) is 2.61. The van der Waals surface area contributed by atoms with Crippen molar-refractivity contribution in [2.45, 2.75) is 24.9 Å². The molecular formula is C18H13ClF3N5OS. The van der Waals surface area contributed by atoms with Crippen LogP contribution in [0, 0.1) is 0 Å². The van der Waals surface area contributed by atoms with Crippen LogP contribution < -0.4 is 10.6 Å². The van der Waals surface area contributed by atoms with Crippen LogP contribution in [0.25, 0.3) is 10.6 Å². The van der Waals surface area contributed by atoms with E-state index in [0.29, 0.717) is 32.9 Å². The topological polar surface area (TPSA) is 79.8 Å². The van der Waals surface area contributed by atoms with Crippen LogP contribution in [-0.2, 0) is 4.79 Å². The summed E-state index contributed by atoms with van der Waals surface area (Å²) in [5.41, 5.74) is 1.84. The van der Waals surface area contributed by atoms with Gasteiger partial charge in [-0.25, -0.2) is 15.0 Å². The number of halogens is 4. The quantitative estimate of drug-likeness (QED) is 0.558. The minimum Gasteiger partial charge on any atom is -0.324 e. The predicted molar refractivity (Wildman–Crippen MR) is 105 cm³/mol. The SMILES string of the molecule is O=C(Nc1nc(C2CC2)c(-c2ccnc(Nc3cccc(Cl)c3)n2)s1)C(F)(F)F. The van der Waals surface area contributed by atoms with Crippen LogP contribution in [0.3, 0.4) is 0 Å². The van der Waals surface area contributed by atoms with Crippen LogP contribution in [0.2, 0.25) is 5.02 Å². The van der Waals surface area contributed by atoms with Gasteiger partial charge in [-0.1, -0.05) is 29.0 Å². The number of anilines is 3. The molecule has 0 atom stereocenters. The lowest BCUT2D eigenvalue weighted by Gasteiger charge is -2.06. The van der Waals surface area contributed by atoms with Crippen LogP contribution in [0.5, 0.6) is 0 Å². The Labute approximate surface area is 172 Å². The summed E-state index contributed by atoms with van der Waals surface area (Å²) in [7, 11) is 0. The van der Waals surface area contributed by atoms with Gasteiger partial charge in [0.25, 0.3) is 0 Å². The molecule has 11 heteroatoms. The smallest absolute Gasteiger partial charge is 0.324 e. The predicted octanol–water partition coefficient (Wildman–Crippen LogP) is 5.38. The number of nitrogens with one attached hydrogen (secondary N) is 2. The van der Waals surface area contributed by atoms with Crippen molar-refractivity contribution in [3.05, 3.63) is 47.2 Å². The van der Waals surface area contributed by atoms with Crippen LogP contribution in [0.15, 0.2) is 36.5 Å². The summed E-state index contributed by atoms with van der Waals surface area (Å²) in [6, 6.07) is 8.68. The molecule has 3 aromatic rings. The number of benzene rings is 1. The molecule has 150 valence electrons. The molecule has 1 saturated carbocycles. The number of amides is 1. The molecule has 0 bridgehead atoms. The third-order valence-electron chi connectivity index (χ3n) is 4.06. The summed E-state index contributed by atoms with van der Waals surface area (Å²) < 4.78 is 37.7. The molecule has 0 spiro atoms. The van der Waals surface area contributed by atoms with Crippen LogP contribution in [0.1, 0.15) is 24.5 Å². The van der Waals surface area contributed by atoms with Crippen molar-refractivity contribution >= 4 is 45.6 Å². The Bertz CT molecular complexity index is 1070. The largest absolute Gasteiger partial charge is 0.471 e. The van der Waals surface area contributed by atoms with E-state index in [1.807, 2.05) is 5.32 Å². The standard InChI is InChI=1S/C18H13ClF3N5OS/c19-10-2-1-3-11(8-10)24-16-23-7-6-12(25-16)14-13(9-4-5-9)26-17(29-14)27-15(28)18(20,21)22/h1-3,6-9H,4-5H2,(H,23,24,25)(H,26,27,28). The first-order valence-corrected chi connectivity index (χ1v) is 9.74. The first-order chi connectivity index (χ1) is 13.8. The van der Waals surface area contributed by atoms with Gasteiger partial charge in [-0.3, -0.25) is 10.1 Å². The Balaban J connectivity index is 1.63. The highest BCUT2D eigenvalue weighted by Gasteiger charge is 2.40. The summed E-state index contributed by atoms with van der Waals surface area (Å²) in [4.78, 5) is 24.7. The molecule has 0 saturated heterocycles. The van der Waals surface area contributed by atoms with E-state index in [1.165, 1.54) is 0 Å². The van der Waals surface area contributed by atoms with Gasteiger partial charge < -0.3 is 5.32 Å². The van der Waals surface area contributed by atoms with Gasteiger partial charge in [-0.2, -0.15) is 13.2 Å². The van der Waals surface area contributed by atoms with E-state index in [1.54, 1.807) is 36.5 Å². The minimum absolute atomic E-state index is 0.104. The van der Waals surface area contributed by atoms with Gasteiger partial charge in [0.2, 0.25) is 5.95 Å². The van der Waals surface area contributed by atoms with Crippen LogP contribution >= 0.6 is 22.9 Å². The third-order valence-corrected chi connectivity index (χ3v) is 5.31. The molecule has 1 amide bonds. The Morgan fingerprint density at radius 2 is 2.00 bits per heavy atom. The Morgan fingerprint density at radius 1 is 1.21 bits per heavy atom. The van der Waals surface area contributed by atoms with E-state index in [0.717, 1.165) is 24.2 Å². The van der Waals surface area contributed by atoms with Crippen LogP contribution in [-0.4, -0.2) is 27.0 Å². The van der Waals surface area contributed by atoms with Gasteiger partial charge in [0.1, 0.15) is 0 Å². The van der Waals surface area contributed by atoms with Gasteiger partial charge >= 0.3 is 12.1 Å². The lowest BCUT2D eigenvalue weighted by Crippen LogP contribution is -2.29. The second kappa shape index (κ2) is 7.60. The highest BCUT2D eigenvalue weighted by molar-refractivity contribution is 7.19. The first kappa shape index (κ1) is 19.6. The summed E-state index contributed by atoms with van der Waals surface area (Å²) in [6.45, 7) is 0. The average molecular weight is 440 g/mol. The highest BCUT2D eigenvalue weighted by Crippen LogP contribution is 2.47. The van der Waals surface area contributed by atoms with Crippen molar-refractivity contribution in [2.24, 2.45) is 0 Å². The molecule has 1 aromatic carbocycles. The second-order valence-electron chi connectivity index (χ2n) is 6.36. The van der Waals surface area contributed by atoms with Crippen molar-refractivity contribution in [2.75, 3.05) is 10.6 Å². The molecule has 29 heavy (non-hydrogen) atoms. The maximum atomic E-state index is 12.6. The normalized spacial score (nSPS) is 13.9. The lowest BCUT2D eigenvalue weighted by atomic mass is 10.2. The van der Waals surface area contributed by atoms with Crippen molar-refractivity contribution in [1.29, 1.82) is 0 Å². The van der Waals surface area contributed by atoms with E-state index in [2.05, 4.69) is 20.3 Å². The monoisotopic (exact) mass is 439 g/mol. The molecule has 1 aliphatic carbocycles. The van der Waals surface area contributed by atoms with E-state index in [9.17, 15) is 18.0 Å². The van der Waals surface area contributed by atoms with Crippen molar-refractivity contribution in [3.8, 4) is 10.6 Å². The summed E-state index contributed by atoms with van der Waals surface area (Å²) >= 11 is 6.94. The minimum atomic E-state index is -4.98. The Hall–Kier alpha value is -2.72. The van der Waals surface area contributed by atoms with Gasteiger partial charge in [0.05, 0.1) is 16.3 Å². The molecule has 4 rings (SSSR count). The number of alkyl halides is 3. The molecule has 2 heterocycles. The zero-order chi connectivity index (χ0) is 20.6. The van der Waals surface area contributed by atoms with Crippen molar-refractivity contribution in [1.82, 2.24) is 15.0 Å². The zero-order valence-electron chi connectivity index (χ0n) is 14.6.